The Labute approximate surface area is 329 Å². The summed E-state index contributed by atoms with van der Waals surface area (Å²) in [6.07, 6.45) is 0. The SMILES string of the molecule is c1ccc(-n2c3ccccc3c3cc(-c4cccc(-c5ccc(-n6c7ccccc7c7ccccc76)cc5)c4)c4c5ccccc5n(-c5ccccc5)c4c32)cc1. The highest BCUT2D eigenvalue weighted by Gasteiger charge is 2.24. The monoisotopic (exact) mass is 725 g/mol. The fourth-order valence-electron chi connectivity index (χ4n) is 9.39. The lowest BCUT2D eigenvalue weighted by molar-refractivity contribution is 1.15. The first kappa shape index (κ1) is 31.7. The molecule has 3 heteroatoms. The van der Waals surface area contributed by atoms with Crippen LogP contribution >= 0.6 is 0 Å². The van der Waals surface area contributed by atoms with Crippen LogP contribution in [0, 0.1) is 0 Å². The number of nitrogens with zero attached hydrogens (tertiary/aromatic N) is 3. The average molecular weight is 726 g/mol. The number of hydrogen-bond donors (Lipinski definition) is 0. The Balaban J connectivity index is 1.11. The van der Waals surface area contributed by atoms with Crippen molar-refractivity contribution in [2.24, 2.45) is 0 Å². The molecule has 12 rings (SSSR count). The quantitative estimate of drug-likeness (QED) is 0.168. The van der Waals surface area contributed by atoms with Crippen LogP contribution in [0.2, 0.25) is 0 Å². The molecule has 0 fully saturated rings. The maximum absolute atomic E-state index is 2.48. The van der Waals surface area contributed by atoms with Gasteiger partial charge in [0, 0.05) is 49.4 Å². The number of rotatable bonds is 5. The summed E-state index contributed by atoms with van der Waals surface area (Å²) in [7, 11) is 0. The second-order valence-corrected chi connectivity index (χ2v) is 14.9. The van der Waals surface area contributed by atoms with Gasteiger partial charge in [0.1, 0.15) is 0 Å². The van der Waals surface area contributed by atoms with Crippen molar-refractivity contribution in [3.05, 3.63) is 212 Å². The zero-order valence-electron chi connectivity index (χ0n) is 31.0. The minimum absolute atomic E-state index is 1.14. The lowest BCUT2D eigenvalue weighted by Gasteiger charge is -2.14. The summed E-state index contributed by atoms with van der Waals surface area (Å²) in [5, 5.41) is 7.50. The van der Waals surface area contributed by atoms with Crippen LogP contribution in [0.1, 0.15) is 0 Å². The zero-order chi connectivity index (χ0) is 37.5. The summed E-state index contributed by atoms with van der Waals surface area (Å²) < 4.78 is 7.32. The predicted molar refractivity (Wildman–Crippen MR) is 240 cm³/mol. The molecule has 0 saturated carbocycles. The molecule has 0 amide bonds. The first-order chi connectivity index (χ1) is 28.3. The lowest BCUT2D eigenvalue weighted by atomic mass is 9.94. The fourth-order valence-corrected chi connectivity index (χ4v) is 9.39. The molecule has 3 nitrogen and oxygen atoms in total. The van der Waals surface area contributed by atoms with Crippen LogP contribution in [0.3, 0.4) is 0 Å². The average Bonchev–Trinajstić information content (AvgIpc) is 3.93. The fraction of sp³-hybridized carbons (Fsp3) is 0. The van der Waals surface area contributed by atoms with E-state index >= 15 is 0 Å². The smallest absolute Gasteiger partial charge is 0.0795 e. The van der Waals surface area contributed by atoms with Gasteiger partial charge < -0.3 is 13.7 Å². The van der Waals surface area contributed by atoms with E-state index in [1.54, 1.807) is 0 Å². The van der Waals surface area contributed by atoms with Gasteiger partial charge in [-0.15, -0.1) is 0 Å². The Hall–Kier alpha value is -7.62. The molecule has 0 N–H and O–H groups in total. The van der Waals surface area contributed by atoms with Crippen LogP contribution in [-0.4, -0.2) is 13.7 Å². The molecule has 0 aliphatic rings. The molecule has 266 valence electrons. The molecule has 9 aromatic carbocycles. The standard InChI is InChI=1S/C54H35N3/c1-3-18-39(19-4-1)56-50-28-13-9-24-44(50)47-35-46(52-45-25-10-14-29-51(45)57(54(52)53(47)56)40-20-5-2-6-21-40)38-17-15-16-37(34-38)36-30-32-41(33-31-36)55-48-26-11-7-22-42(48)43-23-8-12-27-49(43)55/h1-35H. The van der Waals surface area contributed by atoms with Gasteiger partial charge in [-0.25, -0.2) is 0 Å². The van der Waals surface area contributed by atoms with E-state index in [0.717, 1.165) is 17.1 Å². The van der Waals surface area contributed by atoms with Crippen LogP contribution in [0.15, 0.2) is 212 Å². The predicted octanol–water partition coefficient (Wildman–Crippen LogP) is 14.3. The number of aromatic nitrogens is 3. The molecule has 0 radical (unpaired) electrons. The lowest BCUT2D eigenvalue weighted by Crippen LogP contribution is -1.99. The van der Waals surface area contributed by atoms with Gasteiger partial charge in [0.2, 0.25) is 0 Å². The van der Waals surface area contributed by atoms with Gasteiger partial charge in [-0.1, -0.05) is 140 Å². The Morgan fingerprint density at radius 1 is 0.246 bits per heavy atom. The van der Waals surface area contributed by atoms with Crippen LogP contribution in [0.4, 0.5) is 0 Å². The second-order valence-electron chi connectivity index (χ2n) is 14.9. The Morgan fingerprint density at radius 3 is 1.28 bits per heavy atom. The van der Waals surface area contributed by atoms with E-state index in [9.17, 15) is 0 Å². The first-order valence-electron chi connectivity index (χ1n) is 19.6. The number of fused-ring (bicyclic) bond motifs is 10. The topological polar surface area (TPSA) is 14.8 Å². The first-order valence-corrected chi connectivity index (χ1v) is 19.6. The Kier molecular flexibility index (Phi) is 6.93. The normalized spacial score (nSPS) is 11.9. The van der Waals surface area contributed by atoms with Gasteiger partial charge in [0.05, 0.1) is 33.1 Å². The van der Waals surface area contributed by atoms with E-state index < -0.39 is 0 Å². The van der Waals surface area contributed by atoms with E-state index in [1.165, 1.54) is 87.7 Å². The molecule has 3 heterocycles. The van der Waals surface area contributed by atoms with Crippen LogP contribution in [0.25, 0.3) is 105 Å². The zero-order valence-corrected chi connectivity index (χ0v) is 31.0. The van der Waals surface area contributed by atoms with Crippen LogP contribution in [0.5, 0.6) is 0 Å². The van der Waals surface area contributed by atoms with Gasteiger partial charge in [-0.2, -0.15) is 0 Å². The highest BCUT2D eigenvalue weighted by Crippen LogP contribution is 2.46. The van der Waals surface area contributed by atoms with E-state index in [0.29, 0.717) is 0 Å². The molecule has 0 unspecified atom stereocenters. The van der Waals surface area contributed by atoms with Crippen LogP contribution in [-0.2, 0) is 0 Å². The minimum atomic E-state index is 1.14. The van der Waals surface area contributed by atoms with E-state index in [2.05, 4.69) is 226 Å². The van der Waals surface area contributed by atoms with Crippen molar-refractivity contribution < 1.29 is 0 Å². The van der Waals surface area contributed by atoms with E-state index in [1.807, 2.05) is 0 Å². The van der Waals surface area contributed by atoms with Gasteiger partial charge in [-0.3, -0.25) is 0 Å². The highest BCUT2D eigenvalue weighted by molar-refractivity contribution is 6.28. The summed E-state index contributed by atoms with van der Waals surface area (Å²) in [6.45, 7) is 0. The van der Waals surface area contributed by atoms with Gasteiger partial charge in [-0.05, 0) is 95.1 Å². The molecule has 0 atom stereocenters. The van der Waals surface area contributed by atoms with Crippen molar-refractivity contribution in [3.8, 4) is 39.3 Å². The van der Waals surface area contributed by atoms with Gasteiger partial charge >= 0.3 is 0 Å². The van der Waals surface area contributed by atoms with Crippen LogP contribution < -0.4 is 0 Å². The minimum Gasteiger partial charge on any atom is -0.309 e. The molecule has 0 aliphatic heterocycles. The van der Waals surface area contributed by atoms with Gasteiger partial charge in [0.15, 0.2) is 0 Å². The third kappa shape index (κ3) is 4.73. The third-order valence-corrected chi connectivity index (χ3v) is 11.8. The molecule has 3 aromatic heterocycles. The molecule has 57 heavy (non-hydrogen) atoms. The van der Waals surface area contributed by atoms with Crippen molar-refractivity contribution in [1.82, 2.24) is 13.7 Å². The molecule has 0 bridgehead atoms. The van der Waals surface area contributed by atoms with Crippen molar-refractivity contribution in [2.45, 2.75) is 0 Å². The molecule has 0 spiro atoms. The summed E-state index contributed by atoms with van der Waals surface area (Å²) >= 11 is 0. The number of benzene rings is 9. The summed E-state index contributed by atoms with van der Waals surface area (Å²) in [6, 6.07) is 77.4. The van der Waals surface area contributed by atoms with Crippen molar-refractivity contribution in [1.29, 1.82) is 0 Å². The summed E-state index contributed by atoms with van der Waals surface area (Å²) in [5.41, 5.74) is 15.5. The molecular weight excluding hydrogens is 691 g/mol. The molecule has 12 aromatic rings. The maximum Gasteiger partial charge on any atom is 0.0795 e. The Morgan fingerprint density at radius 2 is 0.684 bits per heavy atom. The van der Waals surface area contributed by atoms with E-state index in [-0.39, 0.29) is 0 Å². The molecule has 0 saturated heterocycles. The maximum atomic E-state index is 2.48. The van der Waals surface area contributed by atoms with Crippen molar-refractivity contribution in [3.63, 3.8) is 0 Å². The Bertz CT molecular complexity index is 3440. The number of para-hydroxylation sites is 6. The summed E-state index contributed by atoms with van der Waals surface area (Å²) in [4.78, 5) is 0. The molecule has 0 aliphatic carbocycles. The third-order valence-electron chi connectivity index (χ3n) is 11.8. The van der Waals surface area contributed by atoms with Crippen molar-refractivity contribution in [2.75, 3.05) is 0 Å². The summed E-state index contributed by atoms with van der Waals surface area (Å²) in [5.74, 6) is 0. The van der Waals surface area contributed by atoms with Gasteiger partial charge in [0.25, 0.3) is 0 Å². The van der Waals surface area contributed by atoms with Crippen molar-refractivity contribution >= 4 is 65.4 Å². The largest absolute Gasteiger partial charge is 0.309 e. The second kappa shape index (κ2) is 12.5. The highest BCUT2D eigenvalue weighted by atomic mass is 15.0. The molecular formula is C54H35N3. The van der Waals surface area contributed by atoms with E-state index in [4.69, 9.17) is 0 Å². The number of hydrogen-bond acceptors (Lipinski definition) is 0.